The third-order valence-electron chi connectivity index (χ3n) is 4.79. The molecule has 0 bridgehead atoms. The van der Waals surface area contributed by atoms with Crippen LogP contribution in [0.25, 0.3) is 0 Å². The van der Waals surface area contributed by atoms with Gasteiger partial charge in [0.05, 0.1) is 11.1 Å². The molecular weight excluding hydrogens is 357 g/mol. The first-order valence-corrected chi connectivity index (χ1v) is 8.69. The Bertz CT molecular complexity index is 864. The number of likely N-dealkylation sites (tertiary alicyclic amines) is 1. The summed E-state index contributed by atoms with van der Waals surface area (Å²) in [6.07, 6.45) is -1.73. The molecule has 3 rings (SSSR count). The number of amides is 1. The van der Waals surface area contributed by atoms with Crippen LogP contribution in [-0.4, -0.2) is 34.7 Å². The zero-order chi connectivity index (χ0) is 19.6. The van der Waals surface area contributed by atoms with Gasteiger partial charge in [-0.3, -0.25) is 14.6 Å². The van der Waals surface area contributed by atoms with E-state index in [4.69, 9.17) is 0 Å². The summed E-state index contributed by atoms with van der Waals surface area (Å²) >= 11 is 0. The van der Waals surface area contributed by atoms with E-state index < -0.39 is 17.7 Å². The number of hydrogen-bond acceptors (Lipinski definition) is 3. The molecule has 0 saturated carbocycles. The third kappa shape index (κ3) is 4.18. The van der Waals surface area contributed by atoms with Crippen molar-refractivity contribution in [1.29, 1.82) is 0 Å². The highest BCUT2D eigenvalue weighted by Crippen LogP contribution is 2.31. The predicted octanol–water partition coefficient (Wildman–Crippen LogP) is 4.14. The fourth-order valence-electron chi connectivity index (χ4n) is 3.34. The minimum atomic E-state index is -4.50. The number of benzene rings is 1. The molecule has 1 saturated heterocycles. The lowest BCUT2D eigenvalue weighted by molar-refractivity contribution is -0.137. The highest BCUT2D eigenvalue weighted by Gasteiger charge is 2.33. The second kappa shape index (κ2) is 7.50. The molecule has 1 aromatic carbocycles. The minimum Gasteiger partial charge on any atom is -0.338 e. The topological polar surface area (TPSA) is 50.3 Å². The summed E-state index contributed by atoms with van der Waals surface area (Å²) in [6.45, 7) is 2.45. The number of aromatic nitrogens is 1. The number of halogens is 3. The zero-order valence-corrected chi connectivity index (χ0v) is 14.8. The number of piperidine rings is 1. The molecule has 2 heterocycles. The number of carbonyl (C=O) groups is 2. The smallest absolute Gasteiger partial charge is 0.338 e. The lowest BCUT2D eigenvalue weighted by Gasteiger charge is -2.32. The SMILES string of the molecule is Cc1ncccc1C(=O)N1CCC[C@@H](C(=O)c2cccc(C(F)(F)F)c2)C1. The van der Waals surface area contributed by atoms with Gasteiger partial charge in [0.15, 0.2) is 5.78 Å². The largest absolute Gasteiger partial charge is 0.416 e. The van der Waals surface area contributed by atoms with Crippen molar-refractivity contribution >= 4 is 11.7 Å². The summed E-state index contributed by atoms with van der Waals surface area (Å²) in [7, 11) is 0. The number of hydrogen-bond donors (Lipinski definition) is 0. The normalized spacial score (nSPS) is 17.6. The van der Waals surface area contributed by atoms with Crippen molar-refractivity contribution in [3.63, 3.8) is 0 Å². The van der Waals surface area contributed by atoms with Crippen LogP contribution in [0.1, 0.15) is 44.8 Å². The number of nitrogens with zero attached hydrogens (tertiary/aromatic N) is 2. The van der Waals surface area contributed by atoms with Crippen molar-refractivity contribution in [2.45, 2.75) is 25.9 Å². The van der Waals surface area contributed by atoms with Crippen molar-refractivity contribution in [2.75, 3.05) is 13.1 Å². The van der Waals surface area contributed by atoms with Gasteiger partial charge in [-0.15, -0.1) is 0 Å². The van der Waals surface area contributed by atoms with Gasteiger partial charge in [0.1, 0.15) is 0 Å². The molecule has 2 aromatic rings. The lowest BCUT2D eigenvalue weighted by atomic mass is 9.89. The molecule has 0 unspecified atom stereocenters. The molecule has 1 amide bonds. The van der Waals surface area contributed by atoms with Crippen LogP contribution >= 0.6 is 0 Å². The Kier molecular flexibility index (Phi) is 5.30. The molecule has 1 aliphatic rings. The molecule has 1 aromatic heterocycles. The maximum atomic E-state index is 12.9. The average molecular weight is 376 g/mol. The number of pyridine rings is 1. The number of Topliss-reactive ketones (excluding diaryl/α,β-unsaturated/α-hetero) is 1. The monoisotopic (exact) mass is 376 g/mol. The van der Waals surface area contributed by atoms with Crippen LogP contribution in [0.15, 0.2) is 42.6 Å². The van der Waals surface area contributed by atoms with Crippen molar-refractivity contribution in [1.82, 2.24) is 9.88 Å². The van der Waals surface area contributed by atoms with Crippen molar-refractivity contribution in [3.8, 4) is 0 Å². The van der Waals surface area contributed by atoms with Crippen LogP contribution < -0.4 is 0 Å². The molecule has 1 aliphatic heterocycles. The maximum absolute atomic E-state index is 12.9. The van der Waals surface area contributed by atoms with E-state index in [9.17, 15) is 22.8 Å². The van der Waals surface area contributed by atoms with Crippen LogP contribution in [-0.2, 0) is 6.18 Å². The number of alkyl halides is 3. The summed E-state index contributed by atoms with van der Waals surface area (Å²) in [5.74, 6) is -1.08. The molecule has 1 atom stereocenters. The summed E-state index contributed by atoms with van der Waals surface area (Å²) < 4.78 is 38.7. The lowest BCUT2D eigenvalue weighted by Crippen LogP contribution is -2.42. The van der Waals surface area contributed by atoms with Crippen LogP contribution in [0.3, 0.4) is 0 Å². The molecule has 7 heteroatoms. The Morgan fingerprint density at radius 3 is 2.67 bits per heavy atom. The van der Waals surface area contributed by atoms with E-state index in [1.165, 1.54) is 12.1 Å². The van der Waals surface area contributed by atoms with Gasteiger partial charge in [0.25, 0.3) is 5.91 Å². The molecule has 0 N–H and O–H groups in total. The quantitative estimate of drug-likeness (QED) is 0.757. The van der Waals surface area contributed by atoms with Crippen LogP contribution in [0.4, 0.5) is 13.2 Å². The molecular formula is C20H19F3N2O2. The summed E-state index contributed by atoms with van der Waals surface area (Å²) in [5, 5.41) is 0. The molecule has 4 nitrogen and oxygen atoms in total. The van der Waals surface area contributed by atoms with E-state index in [1.54, 1.807) is 30.2 Å². The van der Waals surface area contributed by atoms with Crippen molar-refractivity contribution in [2.24, 2.45) is 5.92 Å². The van der Waals surface area contributed by atoms with Gasteiger partial charge in [0.2, 0.25) is 0 Å². The van der Waals surface area contributed by atoms with Crippen LogP contribution in [0, 0.1) is 12.8 Å². The minimum absolute atomic E-state index is 0.0293. The molecule has 27 heavy (non-hydrogen) atoms. The molecule has 142 valence electrons. The van der Waals surface area contributed by atoms with Crippen LogP contribution in [0.5, 0.6) is 0 Å². The molecule has 1 fully saturated rings. The van der Waals surface area contributed by atoms with Gasteiger partial charge in [-0.05, 0) is 44.0 Å². The van der Waals surface area contributed by atoms with Gasteiger partial charge in [-0.1, -0.05) is 12.1 Å². The number of carbonyl (C=O) groups excluding carboxylic acids is 2. The Hall–Kier alpha value is -2.70. The van der Waals surface area contributed by atoms with Crippen molar-refractivity contribution < 1.29 is 22.8 Å². The molecule has 0 aliphatic carbocycles. The highest BCUT2D eigenvalue weighted by molar-refractivity contribution is 5.99. The van der Waals surface area contributed by atoms with Gasteiger partial charge in [-0.25, -0.2) is 0 Å². The first-order chi connectivity index (χ1) is 12.8. The Morgan fingerprint density at radius 2 is 1.96 bits per heavy atom. The van der Waals surface area contributed by atoms with Crippen LogP contribution in [0.2, 0.25) is 0 Å². The second-order valence-electron chi connectivity index (χ2n) is 6.67. The van der Waals surface area contributed by atoms with E-state index in [2.05, 4.69) is 4.98 Å². The first-order valence-electron chi connectivity index (χ1n) is 8.69. The maximum Gasteiger partial charge on any atom is 0.416 e. The fraction of sp³-hybridized carbons (Fsp3) is 0.350. The number of rotatable bonds is 3. The van der Waals surface area contributed by atoms with E-state index in [1.807, 2.05) is 0 Å². The predicted molar refractivity (Wildman–Crippen MR) is 93.4 cm³/mol. The van der Waals surface area contributed by atoms with Gasteiger partial charge < -0.3 is 4.90 Å². The van der Waals surface area contributed by atoms with E-state index >= 15 is 0 Å². The zero-order valence-electron chi connectivity index (χ0n) is 14.8. The summed E-state index contributed by atoms with van der Waals surface area (Å²) in [4.78, 5) is 31.2. The number of ketones is 1. The summed E-state index contributed by atoms with van der Waals surface area (Å²) in [6, 6.07) is 7.82. The Balaban J connectivity index is 1.77. The van der Waals surface area contributed by atoms with Gasteiger partial charge >= 0.3 is 6.18 Å². The standard InChI is InChI=1S/C20H19F3N2O2/c1-13-17(8-3-9-24-13)19(27)25-10-4-6-15(12-25)18(26)14-5-2-7-16(11-14)20(21,22)23/h2-3,5,7-9,11,15H,4,6,10,12H2,1H3/t15-/m1/s1. The van der Waals surface area contributed by atoms with E-state index in [0.29, 0.717) is 30.6 Å². The van der Waals surface area contributed by atoms with Crippen molar-refractivity contribution in [3.05, 3.63) is 65.0 Å². The molecule has 0 spiro atoms. The van der Waals surface area contributed by atoms with Gasteiger partial charge in [-0.2, -0.15) is 13.2 Å². The summed E-state index contributed by atoms with van der Waals surface area (Å²) in [5.41, 5.74) is 0.267. The Morgan fingerprint density at radius 1 is 1.19 bits per heavy atom. The average Bonchev–Trinajstić information content (AvgIpc) is 2.67. The third-order valence-corrected chi connectivity index (χ3v) is 4.79. The van der Waals surface area contributed by atoms with E-state index in [-0.39, 0.29) is 23.8 Å². The number of aryl methyl sites for hydroxylation is 1. The molecule has 0 radical (unpaired) electrons. The fourth-order valence-corrected chi connectivity index (χ4v) is 3.34. The van der Waals surface area contributed by atoms with E-state index in [0.717, 1.165) is 12.1 Å². The first kappa shape index (κ1) is 19.1. The highest BCUT2D eigenvalue weighted by atomic mass is 19.4. The van der Waals surface area contributed by atoms with Gasteiger partial charge in [0, 0.05) is 36.5 Å². The second-order valence-corrected chi connectivity index (χ2v) is 6.67. The Labute approximate surface area is 155 Å².